The summed E-state index contributed by atoms with van der Waals surface area (Å²) in [4.78, 5) is 14.7. The molecule has 0 spiro atoms. The zero-order valence-corrected chi connectivity index (χ0v) is 17.9. The van der Waals surface area contributed by atoms with Gasteiger partial charge in [-0.1, -0.05) is 11.6 Å². The minimum absolute atomic E-state index is 0.655. The third-order valence-corrected chi connectivity index (χ3v) is 6.92. The first kappa shape index (κ1) is 19.1. The number of fused-ring (bicyclic) bond motifs is 3. The lowest BCUT2D eigenvalue weighted by Crippen LogP contribution is -2.36. The Morgan fingerprint density at radius 1 is 1.24 bits per heavy atom. The van der Waals surface area contributed by atoms with Gasteiger partial charge >= 0.3 is 0 Å². The number of thiophene rings is 1. The maximum Gasteiger partial charge on any atom is 0.146 e. The molecule has 1 N–H and O–H groups in total. The highest BCUT2D eigenvalue weighted by atomic mass is 35.5. The van der Waals surface area contributed by atoms with Crippen LogP contribution in [0.15, 0.2) is 18.2 Å². The normalized spacial score (nSPS) is 16.9. The molecule has 8 heteroatoms. The number of nitrogens with one attached hydrogen (secondary N) is 1. The number of morpholine rings is 1. The van der Waals surface area contributed by atoms with Gasteiger partial charge in [-0.2, -0.15) is 0 Å². The van der Waals surface area contributed by atoms with Gasteiger partial charge in [0.2, 0.25) is 0 Å². The van der Waals surface area contributed by atoms with Gasteiger partial charge in [-0.3, -0.25) is 4.90 Å². The van der Waals surface area contributed by atoms with Crippen molar-refractivity contribution in [3.05, 3.63) is 39.5 Å². The van der Waals surface area contributed by atoms with Crippen molar-refractivity contribution in [3.8, 4) is 5.75 Å². The molecule has 0 bridgehead atoms. The van der Waals surface area contributed by atoms with Crippen molar-refractivity contribution in [1.29, 1.82) is 0 Å². The van der Waals surface area contributed by atoms with Crippen LogP contribution in [0.3, 0.4) is 0 Å². The molecule has 1 aromatic carbocycles. The second-order valence-electron chi connectivity index (χ2n) is 7.38. The Kier molecular flexibility index (Phi) is 5.30. The minimum atomic E-state index is 0.655. The molecule has 0 amide bonds. The van der Waals surface area contributed by atoms with E-state index in [2.05, 4.69) is 10.2 Å². The van der Waals surface area contributed by atoms with Crippen LogP contribution >= 0.6 is 22.9 Å². The van der Waals surface area contributed by atoms with Gasteiger partial charge in [0.05, 0.1) is 37.9 Å². The highest BCUT2D eigenvalue weighted by Crippen LogP contribution is 2.41. The molecule has 152 valence electrons. The number of rotatable bonds is 5. The van der Waals surface area contributed by atoms with Crippen molar-refractivity contribution in [2.75, 3.05) is 38.7 Å². The molecule has 6 nitrogen and oxygen atoms in total. The number of hydrogen-bond donors (Lipinski definition) is 1. The SMILES string of the molecule is COc1ccc(Cl)cc1Nc1nc(CN2CCOCC2)nc2sc3c(c12)CCC3. The number of hydrogen-bond acceptors (Lipinski definition) is 7. The minimum Gasteiger partial charge on any atom is -0.495 e. The van der Waals surface area contributed by atoms with Crippen molar-refractivity contribution < 1.29 is 9.47 Å². The van der Waals surface area contributed by atoms with E-state index >= 15 is 0 Å². The first-order valence-electron chi connectivity index (χ1n) is 9.93. The van der Waals surface area contributed by atoms with E-state index in [1.165, 1.54) is 16.9 Å². The Bertz CT molecular complexity index is 1050. The summed E-state index contributed by atoms with van der Waals surface area (Å²) >= 11 is 8.06. The van der Waals surface area contributed by atoms with Gasteiger partial charge in [0.1, 0.15) is 22.2 Å². The van der Waals surface area contributed by atoms with Crippen LogP contribution in [0.5, 0.6) is 5.75 Å². The van der Waals surface area contributed by atoms with Crippen LogP contribution in [0.1, 0.15) is 22.7 Å². The van der Waals surface area contributed by atoms with Crippen LogP contribution in [0.25, 0.3) is 10.2 Å². The Morgan fingerprint density at radius 2 is 2.10 bits per heavy atom. The number of anilines is 2. The Morgan fingerprint density at radius 3 is 2.93 bits per heavy atom. The monoisotopic (exact) mass is 430 g/mol. The van der Waals surface area contributed by atoms with Crippen LogP contribution in [0.4, 0.5) is 11.5 Å². The predicted molar refractivity (Wildman–Crippen MR) is 117 cm³/mol. The molecule has 2 aliphatic rings. The number of aromatic nitrogens is 2. The van der Waals surface area contributed by atoms with E-state index < -0.39 is 0 Å². The van der Waals surface area contributed by atoms with E-state index in [1.807, 2.05) is 29.5 Å². The third-order valence-electron chi connectivity index (χ3n) is 5.49. The summed E-state index contributed by atoms with van der Waals surface area (Å²) in [6.45, 7) is 4.07. The van der Waals surface area contributed by atoms with Crippen molar-refractivity contribution in [1.82, 2.24) is 14.9 Å². The molecule has 0 saturated carbocycles. The van der Waals surface area contributed by atoms with Crippen LogP contribution < -0.4 is 10.1 Å². The van der Waals surface area contributed by atoms with Crippen molar-refractivity contribution >= 4 is 44.7 Å². The number of ether oxygens (including phenoxy) is 2. The largest absolute Gasteiger partial charge is 0.495 e. The van der Waals surface area contributed by atoms with E-state index in [-0.39, 0.29) is 0 Å². The summed E-state index contributed by atoms with van der Waals surface area (Å²) < 4.78 is 11.0. The first-order chi connectivity index (χ1) is 14.2. The van der Waals surface area contributed by atoms with Crippen molar-refractivity contribution in [3.63, 3.8) is 0 Å². The van der Waals surface area contributed by atoms with Gasteiger partial charge in [0.15, 0.2) is 0 Å². The first-order valence-corrected chi connectivity index (χ1v) is 11.1. The average molecular weight is 431 g/mol. The van der Waals surface area contributed by atoms with Gasteiger partial charge in [0, 0.05) is 23.0 Å². The molecule has 0 atom stereocenters. The van der Waals surface area contributed by atoms with E-state index in [0.29, 0.717) is 5.02 Å². The number of benzene rings is 1. The fourth-order valence-corrected chi connectivity index (χ4v) is 5.52. The van der Waals surface area contributed by atoms with Gasteiger partial charge in [0.25, 0.3) is 0 Å². The Labute approximate surface area is 178 Å². The molecule has 29 heavy (non-hydrogen) atoms. The molecule has 5 rings (SSSR count). The molecule has 3 aromatic rings. The van der Waals surface area contributed by atoms with E-state index in [9.17, 15) is 0 Å². The topological polar surface area (TPSA) is 59.5 Å². The molecule has 1 fully saturated rings. The summed E-state index contributed by atoms with van der Waals surface area (Å²) in [6, 6.07) is 5.57. The third kappa shape index (κ3) is 3.80. The van der Waals surface area contributed by atoms with Gasteiger partial charge < -0.3 is 14.8 Å². The molecule has 3 heterocycles. The molecular formula is C21H23ClN4O2S. The number of aryl methyl sites for hydroxylation is 2. The molecule has 0 radical (unpaired) electrons. The van der Waals surface area contributed by atoms with Crippen LogP contribution in [-0.4, -0.2) is 48.3 Å². The molecular weight excluding hydrogens is 408 g/mol. The zero-order chi connectivity index (χ0) is 19.8. The number of nitrogens with zero attached hydrogens (tertiary/aromatic N) is 3. The fourth-order valence-electron chi connectivity index (χ4n) is 4.07. The van der Waals surface area contributed by atoms with Gasteiger partial charge in [-0.25, -0.2) is 9.97 Å². The molecule has 0 unspecified atom stereocenters. The number of methoxy groups -OCH3 is 1. The van der Waals surface area contributed by atoms with Crippen molar-refractivity contribution in [2.24, 2.45) is 0 Å². The van der Waals surface area contributed by atoms with Gasteiger partial charge in [-0.05, 0) is 43.0 Å². The molecule has 1 saturated heterocycles. The van der Waals surface area contributed by atoms with Crippen molar-refractivity contribution in [2.45, 2.75) is 25.8 Å². The maximum atomic E-state index is 6.25. The van der Waals surface area contributed by atoms with E-state index in [4.69, 9.17) is 31.0 Å². The highest BCUT2D eigenvalue weighted by Gasteiger charge is 2.24. The zero-order valence-electron chi connectivity index (χ0n) is 16.3. The second-order valence-corrected chi connectivity index (χ2v) is 8.90. The summed E-state index contributed by atoms with van der Waals surface area (Å²) in [5.41, 5.74) is 2.21. The smallest absolute Gasteiger partial charge is 0.146 e. The quantitative estimate of drug-likeness (QED) is 0.646. The Hall–Kier alpha value is -1.93. The fraction of sp³-hybridized carbons (Fsp3) is 0.429. The Balaban J connectivity index is 1.57. The maximum absolute atomic E-state index is 6.25. The highest BCUT2D eigenvalue weighted by molar-refractivity contribution is 7.19. The summed E-state index contributed by atoms with van der Waals surface area (Å²) in [7, 11) is 1.66. The number of halogens is 1. The van der Waals surface area contributed by atoms with Crippen LogP contribution in [0, 0.1) is 0 Å². The van der Waals surface area contributed by atoms with Gasteiger partial charge in [-0.15, -0.1) is 11.3 Å². The molecule has 1 aliphatic heterocycles. The predicted octanol–water partition coefficient (Wildman–Crippen LogP) is 4.42. The lowest BCUT2D eigenvalue weighted by atomic mass is 10.2. The summed E-state index contributed by atoms with van der Waals surface area (Å²) in [5.74, 6) is 2.42. The summed E-state index contributed by atoms with van der Waals surface area (Å²) in [6.07, 6.45) is 3.42. The van der Waals surface area contributed by atoms with Crippen LogP contribution in [-0.2, 0) is 24.1 Å². The van der Waals surface area contributed by atoms with E-state index in [0.717, 1.165) is 79.0 Å². The lowest BCUT2D eigenvalue weighted by Gasteiger charge is -2.26. The van der Waals surface area contributed by atoms with E-state index in [1.54, 1.807) is 7.11 Å². The van der Waals surface area contributed by atoms with Crippen LogP contribution in [0.2, 0.25) is 5.02 Å². The lowest BCUT2D eigenvalue weighted by molar-refractivity contribution is 0.0331. The average Bonchev–Trinajstić information content (AvgIpc) is 3.30. The molecule has 1 aliphatic carbocycles. The second kappa shape index (κ2) is 8.07. The summed E-state index contributed by atoms with van der Waals surface area (Å²) in [5, 5.41) is 5.31. The standard InChI is InChI=1S/C21H23ClN4O2S/c1-27-16-6-5-13(22)11-15(16)23-20-19-14-3-2-4-17(14)29-21(19)25-18(24-20)12-26-7-9-28-10-8-26/h5-6,11H,2-4,7-10,12H2,1H3,(H,23,24,25). The molecule has 2 aromatic heterocycles.